The van der Waals surface area contributed by atoms with Crippen LogP contribution >= 0.6 is 0 Å². The predicted octanol–water partition coefficient (Wildman–Crippen LogP) is 4.09. The van der Waals surface area contributed by atoms with E-state index < -0.39 is 17.7 Å². The average molecular weight is 456 g/mol. The molecule has 0 bridgehead atoms. The van der Waals surface area contributed by atoms with Crippen LogP contribution in [-0.4, -0.2) is 44.3 Å². The summed E-state index contributed by atoms with van der Waals surface area (Å²) < 4.78 is 29.1. The number of fused-ring (bicyclic) bond motifs is 1. The minimum atomic E-state index is -0.978. The van der Waals surface area contributed by atoms with Gasteiger partial charge in [-0.3, -0.25) is 9.59 Å². The van der Waals surface area contributed by atoms with E-state index in [9.17, 15) is 18.4 Å². The van der Waals surface area contributed by atoms with Crippen LogP contribution in [0.5, 0.6) is 0 Å². The van der Waals surface area contributed by atoms with Crippen LogP contribution in [0.4, 0.5) is 14.6 Å². The topological polar surface area (TPSA) is 80.1 Å². The van der Waals surface area contributed by atoms with Gasteiger partial charge in [-0.1, -0.05) is 19.9 Å². The molecule has 0 spiro atoms. The van der Waals surface area contributed by atoms with E-state index >= 15 is 0 Å². The average Bonchev–Trinajstić information content (AvgIpc) is 3.17. The molecule has 3 heterocycles. The number of carbonyl (C=O) groups excluding carboxylic acids is 2. The molecule has 1 N–H and O–H groups in total. The quantitative estimate of drug-likeness (QED) is 0.628. The molecule has 0 saturated carbocycles. The van der Waals surface area contributed by atoms with Crippen LogP contribution < -0.4 is 5.32 Å². The Balaban J connectivity index is 1.45. The van der Waals surface area contributed by atoms with Gasteiger partial charge in [0.1, 0.15) is 11.9 Å². The molecule has 1 aliphatic rings. The van der Waals surface area contributed by atoms with Gasteiger partial charge in [0.15, 0.2) is 11.6 Å². The SMILES string of the molecule is Cc1ccc(NC(=O)C2CCN(C(=O)C(C(C)C)n3cnc4cc(F)c(F)cc43)CC2)nc1. The van der Waals surface area contributed by atoms with Crippen molar-refractivity contribution < 1.29 is 18.4 Å². The second kappa shape index (κ2) is 9.25. The molecule has 0 aliphatic carbocycles. The lowest BCUT2D eigenvalue weighted by atomic mass is 9.94. The third-order valence-corrected chi connectivity index (χ3v) is 6.14. The minimum absolute atomic E-state index is 0.100. The van der Waals surface area contributed by atoms with Gasteiger partial charge < -0.3 is 14.8 Å². The number of anilines is 1. The Kier molecular flexibility index (Phi) is 6.40. The molecule has 2 amide bonds. The van der Waals surface area contributed by atoms with Crippen molar-refractivity contribution in [2.24, 2.45) is 11.8 Å². The van der Waals surface area contributed by atoms with Crippen LogP contribution in [0, 0.1) is 30.4 Å². The fourth-order valence-electron chi connectivity index (χ4n) is 4.29. The molecule has 2 aromatic heterocycles. The summed E-state index contributed by atoms with van der Waals surface area (Å²) in [5.74, 6) is -1.96. The lowest BCUT2D eigenvalue weighted by molar-refractivity contribution is -0.138. The molecular formula is C24H27F2N5O2. The van der Waals surface area contributed by atoms with E-state index in [1.54, 1.807) is 21.7 Å². The molecule has 1 unspecified atom stereocenters. The number of amides is 2. The first-order valence-corrected chi connectivity index (χ1v) is 11.1. The Hall–Kier alpha value is -3.36. The Labute approximate surface area is 190 Å². The van der Waals surface area contributed by atoms with Gasteiger partial charge in [0.25, 0.3) is 0 Å². The van der Waals surface area contributed by atoms with E-state index in [1.807, 2.05) is 26.8 Å². The molecule has 33 heavy (non-hydrogen) atoms. The smallest absolute Gasteiger partial charge is 0.245 e. The number of piperidine rings is 1. The van der Waals surface area contributed by atoms with Crippen molar-refractivity contribution >= 4 is 28.7 Å². The first kappa shape index (κ1) is 22.8. The highest BCUT2D eigenvalue weighted by molar-refractivity contribution is 5.92. The van der Waals surface area contributed by atoms with Gasteiger partial charge in [0.05, 0.1) is 17.4 Å². The zero-order valence-electron chi connectivity index (χ0n) is 18.9. The van der Waals surface area contributed by atoms with Gasteiger partial charge in [0, 0.05) is 37.3 Å². The highest BCUT2D eigenvalue weighted by Gasteiger charge is 2.34. The third-order valence-electron chi connectivity index (χ3n) is 6.14. The molecule has 3 aromatic rings. The molecule has 9 heteroatoms. The van der Waals surface area contributed by atoms with E-state index in [-0.39, 0.29) is 23.7 Å². The summed E-state index contributed by atoms with van der Waals surface area (Å²) >= 11 is 0. The van der Waals surface area contributed by atoms with Gasteiger partial charge in [-0.25, -0.2) is 18.7 Å². The molecule has 1 saturated heterocycles. The highest BCUT2D eigenvalue weighted by atomic mass is 19.2. The molecule has 0 radical (unpaired) electrons. The summed E-state index contributed by atoms with van der Waals surface area (Å²) in [6, 6.07) is 5.16. The second-order valence-electron chi connectivity index (χ2n) is 8.91. The summed E-state index contributed by atoms with van der Waals surface area (Å²) in [6.45, 7) is 6.62. The number of hydrogen-bond acceptors (Lipinski definition) is 4. The standard InChI is InChI=1S/C24H27F2N5O2/c1-14(2)22(31-13-28-19-10-17(25)18(26)11-20(19)31)24(33)30-8-6-16(7-9-30)23(32)29-21-5-4-15(3)12-27-21/h4-5,10-14,16,22H,6-9H2,1-3H3,(H,27,29,32). The van der Waals surface area contributed by atoms with Crippen molar-refractivity contribution in [3.63, 3.8) is 0 Å². The van der Waals surface area contributed by atoms with Crippen LogP contribution in [0.2, 0.25) is 0 Å². The van der Waals surface area contributed by atoms with Crippen LogP contribution in [-0.2, 0) is 9.59 Å². The number of likely N-dealkylation sites (tertiary alicyclic amines) is 1. The van der Waals surface area contributed by atoms with E-state index in [2.05, 4.69) is 15.3 Å². The largest absolute Gasteiger partial charge is 0.341 e. The van der Waals surface area contributed by atoms with Gasteiger partial charge in [-0.2, -0.15) is 0 Å². The Bertz CT molecular complexity index is 1170. The van der Waals surface area contributed by atoms with Crippen molar-refractivity contribution in [2.75, 3.05) is 18.4 Å². The maximum Gasteiger partial charge on any atom is 0.245 e. The number of halogens is 2. The van der Waals surface area contributed by atoms with E-state index in [4.69, 9.17) is 0 Å². The number of carbonyl (C=O) groups is 2. The number of nitrogens with zero attached hydrogens (tertiary/aromatic N) is 4. The fourth-order valence-corrected chi connectivity index (χ4v) is 4.29. The molecule has 4 rings (SSSR count). The number of rotatable bonds is 5. The fraction of sp³-hybridized carbons (Fsp3) is 0.417. The van der Waals surface area contributed by atoms with Crippen LogP contribution in [0.1, 0.15) is 38.3 Å². The first-order valence-electron chi connectivity index (χ1n) is 11.1. The summed E-state index contributed by atoms with van der Waals surface area (Å²) in [5.41, 5.74) is 1.69. The Morgan fingerprint density at radius 2 is 1.79 bits per heavy atom. The lowest BCUT2D eigenvalue weighted by Gasteiger charge is -2.35. The Morgan fingerprint density at radius 3 is 2.42 bits per heavy atom. The van der Waals surface area contributed by atoms with E-state index in [0.29, 0.717) is 42.8 Å². The monoisotopic (exact) mass is 455 g/mol. The van der Waals surface area contributed by atoms with E-state index in [1.165, 1.54) is 6.33 Å². The number of aromatic nitrogens is 3. The lowest BCUT2D eigenvalue weighted by Crippen LogP contribution is -2.45. The first-order chi connectivity index (χ1) is 15.7. The third kappa shape index (κ3) is 4.72. The number of nitrogens with one attached hydrogen (secondary N) is 1. The molecule has 1 aliphatic heterocycles. The molecule has 1 fully saturated rings. The number of benzene rings is 1. The predicted molar refractivity (Wildman–Crippen MR) is 120 cm³/mol. The number of pyridine rings is 1. The van der Waals surface area contributed by atoms with Crippen molar-refractivity contribution in [1.82, 2.24) is 19.4 Å². The highest BCUT2D eigenvalue weighted by Crippen LogP contribution is 2.29. The Morgan fingerprint density at radius 1 is 1.09 bits per heavy atom. The maximum atomic E-state index is 13.9. The van der Waals surface area contributed by atoms with Crippen LogP contribution in [0.3, 0.4) is 0 Å². The summed E-state index contributed by atoms with van der Waals surface area (Å²) in [6.07, 6.45) is 4.24. The van der Waals surface area contributed by atoms with Crippen molar-refractivity contribution in [3.8, 4) is 0 Å². The van der Waals surface area contributed by atoms with Gasteiger partial charge in [0.2, 0.25) is 11.8 Å². The summed E-state index contributed by atoms with van der Waals surface area (Å²) in [7, 11) is 0. The second-order valence-corrected chi connectivity index (χ2v) is 8.91. The van der Waals surface area contributed by atoms with Crippen molar-refractivity contribution in [3.05, 3.63) is 54.0 Å². The summed E-state index contributed by atoms with van der Waals surface area (Å²) in [4.78, 5) is 36.2. The zero-order valence-corrected chi connectivity index (χ0v) is 18.9. The van der Waals surface area contributed by atoms with Crippen LogP contribution in [0.25, 0.3) is 11.0 Å². The van der Waals surface area contributed by atoms with Crippen molar-refractivity contribution in [2.45, 2.75) is 39.7 Å². The molecular weight excluding hydrogens is 428 g/mol. The zero-order chi connectivity index (χ0) is 23.7. The van der Waals surface area contributed by atoms with Gasteiger partial charge in [-0.05, 0) is 37.3 Å². The molecule has 1 aromatic carbocycles. The van der Waals surface area contributed by atoms with Crippen molar-refractivity contribution in [1.29, 1.82) is 0 Å². The van der Waals surface area contributed by atoms with Gasteiger partial charge >= 0.3 is 0 Å². The summed E-state index contributed by atoms with van der Waals surface area (Å²) in [5, 5.41) is 2.84. The number of aryl methyl sites for hydroxylation is 1. The number of hydrogen-bond donors (Lipinski definition) is 1. The number of imidazole rings is 1. The van der Waals surface area contributed by atoms with E-state index in [0.717, 1.165) is 17.7 Å². The maximum absolute atomic E-state index is 13.9. The molecule has 1 atom stereocenters. The van der Waals surface area contributed by atoms with Gasteiger partial charge in [-0.15, -0.1) is 0 Å². The normalized spacial score (nSPS) is 15.8. The minimum Gasteiger partial charge on any atom is -0.341 e. The molecule has 174 valence electrons. The molecule has 7 nitrogen and oxygen atoms in total. The van der Waals surface area contributed by atoms with Crippen LogP contribution in [0.15, 0.2) is 36.8 Å².